The molecule has 2 aliphatic rings. The maximum Gasteiger partial charge on any atom is 0.243 e. The lowest BCUT2D eigenvalue weighted by Crippen LogP contribution is -2.49. The number of nitrogens with zero attached hydrogens (tertiary/aromatic N) is 5. The van der Waals surface area contributed by atoms with Crippen LogP contribution in [-0.4, -0.2) is 91.6 Å². The van der Waals surface area contributed by atoms with Gasteiger partial charge >= 0.3 is 0 Å². The predicted octanol–water partition coefficient (Wildman–Crippen LogP) is 0.337. The van der Waals surface area contributed by atoms with Crippen LogP contribution in [-0.2, 0) is 30.8 Å². The fraction of sp³-hybridized carbons (Fsp3) is 0.632. The van der Waals surface area contributed by atoms with E-state index in [9.17, 15) is 13.2 Å². The lowest BCUT2D eigenvalue weighted by Gasteiger charge is -2.35. The fourth-order valence-electron chi connectivity index (χ4n) is 4.01. The van der Waals surface area contributed by atoms with E-state index in [-0.39, 0.29) is 23.3 Å². The van der Waals surface area contributed by atoms with E-state index in [0.717, 1.165) is 5.52 Å². The van der Waals surface area contributed by atoms with E-state index in [0.29, 0.717) is 64.4 Å². The molecule has 11 heteroatoms. The first-order valence-corrected chi connectivity index (χ1v) is 11.6. The molecule has 0 saturated carbocycles. The highest BCUT2D eigenvalue weighted by Gasteiger charge is 2.35. The van der Waals surface area contributed by atoms with Crippen molar-refractivity contribution in [2.45, 2.75) is 24.3 Å². The molecule has 0 N–H and O–H groups in total. The summed E-state index contributed by atoms with van der Waals surface area (Å²) in [4.78, 5) is 14.8. The molecule has 0 aliphatic carbocycles. The summed E-state index contributed by atoms with van der Waals surface area (Å²) in [5.74, 6) is -0.292. The van der Waals surface area contributed by atoms with Crippen LogP contribution >= 0.6 is 0 Å². The van der Waals surface area contributed by atoms with Gasteiger partial charge in [-0.2, -0.15) is 4.31 Å². The molecule has 1 amide bonds. The van der Waals surface area contributed by atoms with Crippen molar-refractivity contribution in [2.24, 2.45) is 5.92 Å². The van der Waals surface area contributed by atoms with E-state index in [1.54, 1.807) is 34.9 Å². The van der Waals surface area contributed by atoms with Crippen molar-refractivity contribution in [2.75, 3.05) is 53.1 Å². The van der Waals surface area contributed by atoms with Gasteiger partial charge in [0.1, 0.15) is 5.52 Å². The Balaban J connectivity index is 1.51. The molecule has 164 valence electrons. The van der Waals surface area contributed by atoms with Gasteiger partial charge in [0.25, 0.3) is 0 Å². The second-order valence-electron chi connectivity index (χ2n) is 7.60. The first-order valence-electron chi connectivity index (χ1n) is 10.2. The van der Waals surface area contributed by atoms with Crippen molar-refractivity contribution < 1.29 is 22.7 Å². The van der Waals surface area contributed by atoms with Crippen molar-refractivity contribution in [3.63, 3.8) is 0 Å². The monoisotopic (exact) mass is 437 g/mol. The summed E-state index contributed by atoms with van der Waals surface area (Å²) in [5.41, 5.74) is 1.27. The van der Waals surface area contributed by atoms with E-state index < -0.39 is 10.0 Å². The van der Waals surface area contributed by atoms with Gasteiger partial charge in [-0.3, -0.25) is 4.79 Å². The molecule has 10 nitrogen and oxygen atoms in total. The third-order valence-electron chi connectivity index (χ3n) is 5.69. The number of carbonyl (C=O) groups excluding carboxylic acids is 1. The molecule has 4 rings (SSSR count). The van der Waals surface area contributed by atoms with Gasteiger partial charge in [-0.15, -0.1) is 5.10 Å². The summed E-state index contributed by atoms with van der Waals surface area (Å²) in [6.07, 6.45) is 1.37. The van der Waals surface area contributed by atoms with Crippen molar-refractivity contribution in [1.29, 1.82) is 0 Å². The van der Waals surface area contributed by atoms with E-state index in [4.69, 9.17) is 9.47 Å². The van der Waals surface area contributed by atoms with Crippen LogP contribution in [0.3, 0.4) is 0 Å². The van der Waals surface area contributed by atoms with Crippen LogP contribution in [0.25, 0.3) is 11.0 Å². The maximum absolute atomic E-state index is 13.3. The van der Waals surface area contributed by atoms with Crippen LogP contribution in [0.15, 0.2) is 23.1 Å². The van der Waals surface area contributed by atoms with Gasteiger partial charge < -0.3 is 14.4 Å². The Morgan fingerprint density at radius 1 is 1.27 bits per heavy atom. The van der Waals surface area contributed by atoms with Crippen LogP contribution in [0.5, 0.6) is 0 Å². The van der Waals surface area contributed by atoms with Gasteiger partial charge in [0.15, 0.2) is 0 Å². The minimum absolute atomic E-state index is 0.0229. The summed E-state index contributed by atoms with van der Waals surface area (Å²) in [5, 5.41) is 8.17. The Morgan fingerprint density at radius 3 is 2.83 bits per heavy atom. The summed E-state index contributed by atoms with van der Waals surface area (Å²) >= 11 is 0. The van der Waals surface area contributed by atoms with Gasteiger partial charge in [0, 0.05) is 33.3 Å². The van der Waals surface area contributed by atoms with Crippen LogP contribution in [0.1, 0.15) is 12.8 Å². The number of fused-ring (bicyclic) bond motifs is 1. The number of sulfonamides is 1. The highest BCUT2D eigenvalue weighted by Crippen LogP contribution is 2.27. The number of hydrogen-bond donors (Lipinski definition) is 0. The standard InChI is InChI=1S/C19H27N5O5S/c1-28-10-9-24-18-5-4-16(13-17(18)20-21-24)30(26,27)23-6-2-3-15(14-23)19(25)22-7-11-29-12-8-22/h4-5,13,15H,2-3,6-12,14H2,1H3. The van der Waals surface area contributed by atoms with Crippen molar-refractivity contribution in [3.05, 3.63) is 18.2 Å². The third kappa shape index (κ3) is 4.20. The van der Waals surface area contributed by atoms with Crippen molar-refractivity contribution in [1.82, 2.24) is 24.2 Å². The molecule has 30 heavy (non-hydrogen) atoms. The summed E-state index contributed by atoms with van der Waals surface area (Å²) in [6, 6.07) is 4.85. The minimum Gasteiger partial charge on any atom is -0.383 e. The van der Waals surface area contributed by atoms with E-state index in [1.807, 2.05) is 0 Å². The number of benzene rings is 1. The summed E-state index contributed by atoms with van der Waals surface area (Å²) in [7, 11) is -2.11. The van der Waals surface area contributed by atoms with Crippen LogP contribution < -0.4 is 0 Å². The Labute approximate surface area is 175 Å². The number of piperidine rings is 1. The second-order valence-corrected chi connectivity index (χ2v) is 9.53. The van der Waals surface area contributed by atoms with Gasteiger partial charge in [-0.05, 0) is 31.0 Å². The Kier molecular flexibility index (Phi) is 6.32. The molecule has 2 aliphatic heterocycles. The number of aromatic nitrogens is 3. The molecule has 0 spiro atoms. The molecule has 2 aromatic rings. The lowest BCUT2D eigenvalue weighted by atomic mass is 9.98. The largest absolute Gasteiger partial charge is 0.383 e. The molecule has 0 bridgehead atoms. The second kappa shape index (κ2) is 8.96. The highest BCUT2D eigenvalue weighted by atomic mass is 32.2. The number of amides is 1. The average molecular weight is 438 g/mol. The van der Waals surface area contributed by atoms with Gasteiger partial charge in [-0.1, -0.05) is 5.21 Å². The molecule has 3 heterocycles. The number of ether oxygens (including phenoxy) is 2. The number of morpholine rings is 1. The Morgan fingerprint density at radius 2 is 2.07 bits per heavy atom. The highest BCUT2D eigenvalue weighted by molar-refractivity contribution is 7.89. The van der Waals surface area contributed by atoms with Gasteiger partial charge in [-0.25, -0.2) is 13.1 Å². The fourth-order valence-corrected chi connectivity index (χ4v) is 5.55. The molecule has 1 aromatic heterocycles. The molecule has 1 unspecified atom stereocenters. The van der Waals surface area contributed by atoms with Gasteiger partial charge in [0.05, 0.1) is 42.7 Å². The van der Waals surface area contributed by atoms with E-state index in [1.165, 1.54) is 4.31 Å². The predicted molar refractivity (Wildman–Crippen MR) is 108 cm³/mol. The number of methoxy groups -OCH3 is 1. The SMILES string of the molecule is COCCn1nnc2cc(S(=O)(=O)N3CCCC(C(=O)N4CCOCC4)C3)ccc21. The molecule has 1 aromatic carbocycles. The summed E-state index contributed by atoms with van der Waals surface area (Å²) in [6.45, 7) is 3.85. The smallest absolute Gasteiger partial charge is 0.243 e. The van der Waals surface area contributed by atoms with Crippen molar-refractivity contribution >= 4 is 27.0 Å². The molecule has 2 saturated heterocycles. The zero-order chi connectivity index (χ0) is 21.1. The quantitative estimate of drug-likeness (QED) is 0.641. The molecule has 2 fully saturated rings. The molecular formula is C19H27N5O5S. The zero-order valence-electron chi connectivity index (χ0n) is 17.1. The molecule has 0 radical (unpaired) electrons. The number of rotatable bonds is 6. The average Bonchev–Trinajstić information content (AvgIpc) is 3.20. The van der Waals surface area contributed by atoms with Crippen molar-refractivity contribution in [3.8, 4) is 0 Å². The number of hydrogen-bond acceptors (Lipinski definition) is 7. The third-order valence-corrected chi connectivity index (χ3v) is 7.55. The summed E-state index contributed by atoms with van der Waals surface area (Å²) < 4.78 is 40.0. The van der Waals surface area contributed by atoms with E-state index in [2.05, 4.69) is 10.3 Å². The first-order chi connectivity index (χ1) is 14.5. The first kappa shape index (κ1) is 21.2. The molecule has 1 atom stereocenters. The minimum atomic E-state index is -3.72. The van der Waals surface area contributed by atoms with Crippen LogP contribution in [0.2, 0.25) is 0 Å². The number of carbonyl (C=O) groups is 1. The Bertz CT molecular complexity index is 1000. The lowest BCUT2D eigenvalue weighted by molar-refractivity contribution is -0.140. The Hall–Kier alpha value is -2.08. The van der Waals surface area contributed by atoms with Crippen LogP contribution in [0.4, 0.5) is 0 Å². The maximum atomic E-state index is 13.3. The van der Waals surface area contributed by atoms with Gasteiger partial charge in [0.2, 0.25) is 15.9 Å². The van der Waals surface area contributed by atoms with E-state index >= 15 is 0 Å². The normalized spacial score (nSPS) is 21.2. The zero-order valence-corrected chi connectivity index (χ0v) is 17.9. The molecular weight excluding hydrogens is 410 g/mol. The van der Waals surface area contributed by atoms with Crippen LogP contribution in [0, 0.1) is 5.92 Å². The topological polar surface area (TPSA) is 107 Å².